The van der Waals surface area contributed by atoms with Gasteiger partial charge in [-0.3, -0.25) is 14.3 Å². The van der Waals surface area contributed by atoms with E-state index < -0.39 is 58.9 Å². The SMILES string of the molecule is Cn1nc(C(F)(F)C(F)(F)F)c(C(F)(F)F)c1C(=O)Cc1ccc(Cl)c(C(=O)NC2(C#N)CC2)c1. The van der Waals surface area contributed by atoms with Crippen molar-refractivity contribution in [2.24, 2.45) is 7.05 Å². The number of alkyl halides is 8. The van der Waals surface area contributed by atoms with Crippen molar-refractivity contribution in [2.75, 3.05) is 0 Å². The molecule has 1 N–H and O–H groups in total. The number of rotatable bonds is 6. The van der Waals surface area contributed by atoms with Gasteiger partial charge in [0.15, 0.2) is 11.5 Å². The summed E-state index contributed by atoms with van der Waals surface area (Å²) in [6.45, 7) is 0. The van der Waals surface area contributed by atoms with E-state index in [0.717, 1.165) is 18.2 Å². The third kappa shape index (κ3) is 4.95. The molecule has 2 aromatic rings. The van der Waals surface area contributed by atoms with Gasteiger partial charge >= 0.3 is 18.3 Å². The molecule has 0 saturated heterocycles. The van der Waals surface area contributed by atoms with Gasteiger partial charge in [0.25, 0.3) is 5.91 Å². The van der Waals surface area contributed by atoms with Crippen molar-refractivity contribution in [2.45, 2.75) is 43.1 Å². The Bertz CT molecular complexity index is 1240. The van der Waals surface area contributed by atoms with Gasteiger partial charge in [-0.05, 0) is 30.5 Å². The summed E-state index contributed by atoms with van der Waals surface area (Å²) in [5.74, 6) is -8.27. The van der Waals surface area contributed by atoms with E-state index in [1.54, 1.807) is 0 Å². The highest BCUT2D eigenvalue weighted by Gasteiger charge is 2.64. The van der Waals surface area contributed by atoms with Crippen molar-refractivity contribution in [3.63, 3.8) is 0 Å². The minimum atomic E-state index is -6.40. The lowest BCUT2D eigenvalue weighted by Crippen LogP contribution is -2.36. The Morgan fingerprint density at radius 3 is 2.26 bits per heavy atom. The van der Waals surface area contributed by atoms with Crippen LogP contribution in [0.2, 0.25) is 5.02 Å². The molecule has 35 heavy (non-hydrogen) atoms. The Hall–Kier alpha value is -3.21. The summed E-state index contributed by atoms with van der Waals surface area (Å²) >= 11 is 5.96. The van der Waals surface area contributed by atoms with Crippen LogP contribution in [0.15, 0.2) is 18.2 Å². The van der Waals surface area contributed by atoms with Gasteiger partial charge in [-0.15, -0.1) is 0 Å². The van der Waals surface area contributed by atoms with Crippen molar-refractivity contribution in [1.82, 2.24) is 15.1 Å². The van der Waals surface area contributed by atoms with Crippen molar-refractivity contribution >= 4 is 23.3 Å². The third-order valence-electron chi connectivity index (χ3n) is 5.21. The molecule has 1 amide bonds. The van der Waals surface area contributed by atoms with Gasteiger partial charge in [0.1, 0.15) is 16.8 Å². The van der Waals surface area contributed by atoms with Crippen LogP contribution in [0.25, 0.3) is 0 Å². The van der Waals surface area contributed by atoms with E-state index in [1.165, 1.54) is 0 Å². The van der Waals surface area contributed by atoms with Gasteiger partial charge in [0.2, 0.25) is 0 Å². The van der Waals surface area contributed by atoms with Gasteiger partial charge in [-0.2, -0.15) is 45.5 Å². The fourth-order valence-corrected chi connectivity index (χ4v) is 3.47. The summed E-state index contributed by atoms with van der Waals surface area (Å²) in [5, 5.41) is 14.1. The maximum atomic E-state index is 13.8. The maximum Gasteiger partial charge on any atom is 0.459 e. The highest BCUT2D eigenvalue weighted by Crippen LogP contribution is 2.48. The number of aryl methyl sites for hydroxylation is 1. The second-order valence-corrected chi connectivity index (χ2v) is 8.24. The summed E-state index contributed by atoms with van der Waals surface area (Å²) in [5.41, 5.74) is -8.06. The number of hydrogen-bond acceptors (Lipinski definition) is 4. The lowest BCUT2D eigenvalue weighted by Gasteiger charge is -2.19. The van der Waals surface area contributed by atoms with Crippen LogP contribution < -0.4 is 5.32 Å². The third-order valence-corrected chi connectivity index (χ3v) is 5.53. The number of nitrogens with one attached hydrogen (secondary N) is 1. The first-order valence-electron chi connectivity index (χ1n) is 9.58. The molecule has 1 saturated carbocycles. The number of hydrogen-bond donors (Lipinski definition) is 1. The second-order valence-electron chi connectivity index (χ2n) is 7.83. The summed E-state index contributed by atoms with van der Waals surface area (Å²) in [4.78, 5) is 25.1. The highest BCUT2D eigenvalue weighted by molar-refractivity contribution is 6.33. The molecule has 0 bridgehead atoms. The van der Waals surface area contributed by atoms with E-state index in [4.69, 9.17) is 16.9 Å². The molecule has 6 nitrogen and oxygen atoms in total. The average molecular weight is 529 g/mol. The van der Waals surface area contributed by atoms with Crippen LogP contribution in [-0.4, -0.2) is 33.2 Å². The van der Waals surface area contributed by atoms with Gasteiger partial charge in [0, 0.05) is 13.5 Å². The first-order chi connectivity index (χ1) is 15.9. The van der Waals surface area contributed by atoms with Crippen molar-refractivity contribution < 1.29 is 44.7 Å². The molecule has 1 aliphatic rings. The molecule has 1 aromatic carbocycles. The molecule has 0 atom stereocenters. The zero-order chi connectivity index (χ0) is 26.6. The van der Waals surface area contributed by atoms with Crippen LogP contribution in [0.5, 0.6) is 0 Å². The number of carbonyl (C=O) groups excluding carboxylic acids is 2. The highest BCUT2D eigenvalue weighted by atomic mass is 35.5. The molecule has 0 spiro atoms. The summed E-state index contributed by atoms with van der Waals surface area (Å²) in [6, 6.07) is 5.24. The monoisotopic (exact) mass is 528 g/mol. The predicted molar refractivity (Wildman–Crippen MR) is 103 cm³/mol. The van der Waals surface area contributed by atoms with Gasteiger partial charge in [-0.1, -0.05) is 17.7 Å². The minimum Gasteiger partial charge on any atom is -0.334 e. The molecule has 188 valence electrons. The topological polar surface area (TPSA) is 87.8 Å². The fraction of sp³-hybridized carbons (Fsp3) is 0.400. The van der Waals surface area contributed by atoms with Crippen LogP contribution in [0.3, 0.4) is 0 Å². The first kappa shape index (κ1) is 26.4. The maximum absolute atomic E-state index is 13.8. The van der Waals surface area contributed by atoms with E-state index in [2.05, 4.69) is 10.4 Å². The van der Waals surface area contributed by atoms with E-state index in [9.17, 15) is 44.7 Å². The Balaban J connectivity index is 1.99. The summed E-state index contributed by atoms with van der Waals surface area (Å²) in [6.07, 6.45) is -12.3. The number of carbonyl (C=O) groups is 2. The lowest BCUT2D eigenvalue weighted by atomic mass is 9.99. The van der Waals surface area contributed by atoms with Crippen LogP contribution in [0.1, 0.15) is 50.5 Å². The molecular weight excluding hydrogens is 516 g/mol. The van der Waals surface area contributed by atoms with E-state index in [0.29, 0.717) is 19.9 Å². The van der Waals surface area contributed by atoms with Crippen LogP contribution >= 0.6 is 11.6 Å². The number of benzene rings is 1. The number of amides is 1. The van der Waals surface area contributed by atoms with Crippen molar-refractivity contribution in [3.8, 4) is 6.07 Å². The molecule has 1 aliphatic carbocycles. The fourth-order valence-electron chi connectivity index (χ4n) is 3.27. The summed E-state index contributed by atoms with van der Waals surface area (Å²) < 4.78 is 107. The zero-order valence-electron chi connectivity index (χ0n) is 17.4. The second kappa shape index (κ2) is 8.47. The minimum absolute atomic E-state index is 0.00739. The Labute approximate surface area is 196 Å². The molecule has 1 heterocycles. The van der Waals surface area contributed by atoms with Crippen LogP contribution in [-0.2, 0) is 25.6 Å². The summed E-state index contributed by atoms with van der Waals surface area (Å²) in [7, 11) is 0.621. The van der Waals surface area contributed by atoms with E-state index in [1.807, 2.05) is 6.07 Å². The lowest BCUT2D eigenvalue weighted by molar-refractivity contribution is -0.292. The van der Waals surface area contributed by atoms with E-state index in [-0.39, 0.29) is 20.8 Å². The first-order valence-corrected chi connectivity index (χ1v) is 9.96. The number of aromatic nitrogens is 2. The average Bonchev–Trinajstić information content (AvgIpc) is 3.39. The standard InChI is InChI=1S/C20H13ClF8N4O2/c1-33-14(13(19(24,25)26)15(32-33)18(22,23)20(27,28)29)12(34)7-9-2-3-11(21)10(6-9)16(35)31-17(8-30)4-5-17/h2-3,6H,4-5,7H2,1H3,(H,31,35). The molecule has 0 radical (unpaired) electrons. The van der Waals surface area contributed by atoms with Crippen LogP contribution in [0, 0.1) is 11.3 Å². The number of halogens is 9. The number of nitrogens with zero attached hydrogens (tertiary/aromatic N) is 3. The number of nitriles is 1. The largest absolute Gasteiger partial charge is 0.459 e. The predicted octanol–water partition coefficient (Wildman–Crippen LogP) is 4.96. The van der Waals surface area contributed by atoms with E-state index >= 15 is 0 Å². The smallest absolute Gasteiger partial charge is 0.334 e. The molecule has 15 heteroatoms. The number of Topliss-reactive ketones (excluding diaryl/α,β-unsaturated/α-hetero) is 1. The quantitative estimate of drug-likeness (QED) is 0.424. The molecule has 1 fully saturated rings. The van der Waals surface area contributed by atoms with Gasteiger partial charge in [-0.25, -0.2) is 0 Å². The number of ketones is 1. The normalized spacial score (nSPS) is 15.5. The zero-order valence-corrected chi connectivity index (χ0v) is 18.2. The molecule has 0 aliphatic heterocycles. The molecule has 0 unspecified atom stereocenters. The van der Waals surface area contributed by atoms with Crippen molar-refractivity contribution in [1.29, 1.82) is 5.26 Å². The van der Waals surface area contributed by atoms with Gasteiger partial charge < -0.3 is 5.32 Å². The Morgan fingerprint density at radius 1 is 1.17 bits per heavy atom. The Morgan fingerprint density at radius 2 is 1.77 bits per heavy atom. The molecular formula is C20H13ClF8N4O2. The van der Waals surface area contributed by atoms with Gasteiger partial charge in [0.05, 0.1) is 16.7 Å². The molecule has 1 aromatic heterocycles. The molecule has 3 rings (SSSR count). The Kier molecular flexibility index (Phi) is 6.39. The van der Waals surface area contributed by atoms with Crippen LogP contribution in [0.4, 0.5) is 35.1 Å². The van der Waals surface area contributed by atoms with Crippen molar-refractivity contribution in [3.05, 3.63) is 51.3 Å².